The minimum Gasteiger partial charge on any atom is -0.479 e. The third kappa shape index (κ3) is 3.22. The van der Waals surface area contributed by atoms with Gasteiger partial charge >= 0.3 is 11.9 Å². The molecule has 0 aliphatic rings. The lowest BCUT2D eigenvalue weighted by Crippen LogP contribution is -2.60. The van der Waals surface area contributed by atoms with E-state index in [1.54, 1.807) is 13.8 Å². The molecule has 0 saturated heterocycles. The number of carboxylic acids is 1. The van der Waals surface area contributed by atoms with Crippen LogP contribution < -0.4 is 5.32 Å². The van der Waals surface area contributed by atoms with Crippen LogP contribution in [-0.2, 0) is 19.1 Å². The monoisotopic (exact) mass is 231 g/mol. The lowest BCUT2D eigenvalue weighted by atomic mass is 9.93. The SMILES string of the molecule is CCCC(NC(C)=O)(C(=O)O)C(=O)OCC. The number of hydrogen-bond acceptors (Lipinski definition) is 4. The predicted octanol–water partition coefficient (Wildman–Crippen LogP) is 0.309. The first kappa shape index (κ1) is 14.4. The highest BCUT2D eigenvalue weighted by molar-refractivity contribution is 6.06. The van der Waals surface area contributed by atoms with Crippen LogP contribution in [-0.4, -0.2) is 35.1 Å². The van der Waals surface area contributed by atoms with Crippen LogP contribution in [0.3, 0.4) is 0 Å². The summed E-state index contributed by atoms with van der Waals surface area (Å²) in [6, 6.07) is 0. The molecular formula is C10H17NO5. The highest BCUT2D eigenvalue weighted by Crippen LogP contribution is 2.16. The number of nitrogens with one attached hydrogen (secondary N) is 1. The standard InChI is InChI=1S/C10H17NO5/c1-4-6-10(8(13)14,11-7(3)12)9(15)16-5-2/h4-6H2,1-3H3,(H,11,12)(H,13,14). The number of hydrogen-bond donors (Lipinski definition) is 2. The molecule has 2 N–H and O–H groups in total. The Balaban J connectivity index is 5.15. The van der Waals surface area contributed by atoms with Crippen LogP contribution in [0.4, 0.5) is 0 Å². The fourth-order valence-electron chi connectivity index (χ4n) is 1.39. The Bertz CT molecular complexity index is 289. The maximum Gasteiger partial charge on any atom is 0.343 e. The van der Waals surface area contributed by atoms with Crippen molar-refractivity contribution in [3.63, 3.8) is 0 Å². The molecule has 0 aromatic rings. The second kappa shape index (κ2) is 6.09. The third-order valence-corrected chi connectivity index (χ3v) is 2.00. The van der Waals surface area contributed by atoms with Gasteiger partial charge in [0.2, 0.25) is 11.4 Å². The van der Waals surface area contributed by atoms with Crippen molar-refractivity contribution in [2.45, 2.75) is 39.2 Å². The summed E-state index contributed by atoms with van der Waals surface area (Å²) in [6.45, 7) is 4.52. The highest BCUT2D eigenvalue weighted by atomic mass is 16.5. The quantitative estimate of drug-likeness (QED) is 0.507. The first-order valence-electron chi connectivity index (χ1n) is 5.10. The van der Waals surface area contributed by atoms with Crippen molar-refractivity contribution in [2.75, 3.05) is 6.61 Å². The number of carbonyl (C=O) groups excluding carboxylic acids is 2. The van der Waals surface area contributed by atoms with Gasteiger partial charge in [0.1, 0.15) is 0 Å². The highest BCUT2D eigenvalue weighted by Gasteiger charge is 2.47. The van der Waals surface area contributed by atoms with Crippen LogP contribution in [0, 0.1) is 0 Å². The minimum absolute atomic E-state index is 0.000741. The molecule has 0 saturated carbocycles. The Morgan fingerprint density at radius 2 is 1.88 bits per heavy atom. The fourth-order valence-corrected chi connectivity index (χ4v) is 1.39. The van der Waals surface area contributed by atoms with Gasteiger partial charge in [0, 0.05) is 6.92 Å². The zero-order valence-corrected chi connectivity index (χ0v) is 9.70. The van der Waals surface area contributed by atoms with Gasteiger partial charge in [-0.25, -0.2) is 9.59 Å². The van der Waals surface area contributed by atoms with Crippen LogP contribution in [0.15, 0.2) is 0 Å². The summed E-state index contributed by atoms with van der Waals surface area (Å²) in [5.41, 5.74) is -1.96. The van der Waals surface area contributed by atoms with Crippen LogP contribution in [0.5, 0.6) is 0 Å². The molecule has 0 rings (SSSR count). The maximum absolute atomic E-state index is 11.6. The first-order valence-corrected chi connectivity index (χ1v) is 5.10. The summed E-state index contributed by atoms with van der Waals surface area (Å²) >= 11 is 0. The van der Waals surface area contributed by atoms with Gasteiger partial charge in [-0.3, -0.25) is 4.79 Å². The smallest absolute Gasteiger partial charge is 0.343 e. The first-order chi connectivity index (χ1) is 7.40. The normalized spacial score (nSPS) is 13.7. The Kier molecular flexibility index (Phi) is 5.49. The molecule has 0 fully saturated rings. The van der Waals surface area contributed by atoms with Gasteiger partial charge in [-0.05, 0) is 13.3 Å². The van der Waals surface area contributed by atoms with E-state index in [2.05, 4.69) is 10.1 Å². The van der Waals surface area contributed by atoms with E-state index < -0.39 is 23.4 Å². The van der Waals surface area contributed by atoms with Crippen molar-refractivity contribution in [1.82, 2.24) is 5.32 Å². The molecule has 0 aromatic heterocycles. The minimum atomic E-state index is -1.96. The summed E-state index contributed by atoms with van der Waals surface area (Å²) in [7, 11) is 0. The van der Waals surface area contributed by atoms with Gasteiger partial charge in [-0.1, -0.05) is 13.3 Å². The van der Waals surface area contributed by atoms with Gasteiger partial charge in [0.05, 0.1) is 6.61 Å². The van der Waals surface area contributed by atoms with E-state index in [1.807, 2.05) is 0 Å². The van der Waals surface area contributed by atoms with Crippen molar-refractivity contribution in [1.29, 1.82) is 0 Å². The van der Waals surface area contributed by atoms with Crippen LogP contribution >= 0.6 is 0 Å². The maximum atomic E-state index is 11.6. The number of rotatable bonds is 6. The summed E-state index contributed by atoms with van der Waals surface area (Å²) in [4.78, 5) is 33.7. The molecule has 0 heterocycles. The zero-order valence-electron chi connectivity index (χ0n) is 9.70. The third-order valence-electron chi connectivity index (χ3n) is 2.00. The molecule has 0 spiro atoms. The fraction of sp³-hybridized carbons (Fsp3) is 0.700. The predicted molar refractivity (Wildman–Crippen MR) is 55.7 cm³/mol. The molecule has 1 amide bonds. The molecule has 92 valence electrons. The van der Waals surface area contributed by atoms with Gasteiger partial charge in [0.15, 0.2) is 0 Å². The van der Waals surface area contributed by atoms with E-state index in [4.69, 9.17) is 5.11 Å². The topological polar surface area (TPSA) is 92.7 Å². The molecule has 0 radical (unpaired) electrons. The number of carboxylic acid groups (broad SMARTS) is 1. The second-order valence-corrected chi connectivity index (χ2v) is 3.36. The average molecular weight is 231 g/mol. The second-order valence-electron chi connectivity index (χ2n) is 3.36. The summed E-state index contributed by atoms with van der Waals surface area (Å²) in [5.74, 6) is -2.91. The molecule has 0 aliphatic carbocycles. The van der Waals surface area contributed by atoms with Gasteiger partial charge in [-0.2, -0.15) is 0 Å². The van der Waals surface area contributed by atoms with E-state index in [0.29, 0.717) is 6.42 Å². The summed E-state index contributed by atoms with van der Waals surface area (Å²) < 4.78 is 4.69. The lowest BCUT2D eigenvalue weighted by Gasteiger charge is -2.27. The van der Waals surface area contributed by atoms with Gasteiger partial charge in [0.25, 0.3) is 0 Å². The van der Waals surface area contributed by atoms with Gasteiger partial charge in [-0.15, -0.1) is 0 Å². The van der Waals surface area contributed by atoms with Crippen molar-refractivity contribution in [3.05, 3.63) is 0 Å². The van der Waals surface area contributed by atoms with Crippen molar-refractivity contribution in [2.24, 2.45) is 0 Å². The summed E-state index contributed by atoms with van der Waals surface area (Å²) in [5, 5.41) is 11.3. The van der Waals surface area contributed by atoms with Crippen molar-refractivity contribution < 1.29 is 24.2 Å². The van der Waals surface area contributed by atoms with Crippen LogP contribution in [0.1, 0.15) is 33.6 Å². The molecule has 6 nitrogen and oxygen atoms in total. The average Bonchev–Trinajstić information content (AvgIpc) is 2.16. The molecule has 16 heavy (non-hydrogen) atoms. The lowest BCUT2D eigenvalue weighted by molar-refractivity contribution is -0.165. The van der Waals surface area contributed by atoms with Crippen LogP contribution in [0.25, 0.3) is 0 Å². The Labute approximate surface area is 94.0 Å². The van der Waals surface area contributed by atoms with Crippen LogP contribution in [0.2, 0.25) is 0 Å². The van der Waals surface area contributed by atoms with Crippen molar-refractivity contribution >= 4 is 17.8 Å². The molecule has 6 heteroatoms. The molecular weight excluding hydrogens is 214 g/mol. The van der Waals surface area contributed by atoms with E-state index in [9.17, 15) is 14.4 Å². The number of ether oxygens (including phenoxy) is 1. The van der Waals surface area contributed by atoms with E-state index >= 15 is 0 Å². The molecule has 0 bridgehead atoms. The van der Waals surface area contributed by atoms with E-state index in [-0.39, 0.29) is 13.0 Å². The number of amides is 1. The molecule has 1 atom stereocenters. The van der Waals surface area contributed by atoms with E-state index in [0.717, 1.165) is 6.92 Å². The number of carbonyl (C=O) groups is 3. The molecule has 1 unspecified atom stereocenters. The Hall–Kier alpha value is -1.59. The molecule has 0 aliphatic heterocycles. The van der Waals surface area contributed by atoms with Crippen molar-refractivity contribution in [3.8, 4) is 0 Å². The van der Waals surface area contributed by atoms with E-state index in [1.165, 1.54) is 0 Å². The Morgan fingerprint density at radius 3 is 2.19 bits per heavy atom. The Morgan fingerprint density at radius 1 is 1.31 bits per heavy atom. The number of aliphatic carboxylic acids is 1. The summed E-state index contributed by atoms with van der Waals surface area (Å²) in [6.07, 6.45) is 0.437. The zero-order chi connectivity index (χ0) is 12.8. The number of esters is 1. The van der Waals surface area contributed by atoms with Gasteiger partial charge < -0.3 is 15.2 Å². The largest absolute Gasteiger partial charge is 0.479 e. The molecule has 0 aromatic carbocycles.